The molecule has 1 aliphatic rings. The Labute approximate surface area is 96.0 Å². The van der Waals surface area contributed by atoms with Gasteiger partial charge in [0.2, 0.25) is 0 Å². The molecule has 92 valence electrons. The van der Waals surface area contributed by atoms with Crippen molar-refractivity contribution in [1.82, 2.24) is 5.32 Å². The van der Waals surface area contributed by atoms with E-state index in [2.05, 4.69) is 11.9 Å². The Balaban J connectivity index is 2.51. The van der Waals surface area contributed by atoms with Gasteiger partial charge in [0.25, 0.3) is 5.91 Å². The lowest BCUT2D eigenvalue weighted by atomic mass is 10.2. The van der Waals surface area contributed by atoms with Crippen LogP contribution in [-0.4, -0.2) is 37.0 Å². The average Bonchev–Trinajstić information content (AvgIpc) is 2.54. The molecule has 16 heavy (non-hydrogen) atoms. The molecule has 0 aromatic heterocycles. The molecule has 0 unspecified atom stereocenters. The van der Waals surface area contributed by atoms with E-state index in [1.807, 2.05) is 0 Å². The molecule has 0 bridgehead atoms. The van der Waals surface area contributed by atoms with Crippen LogP contribution in [0.1, 0.15) is 20.3 Å². The van der Waals surface area contributed by atoms with Gasteiger partial charge in [-0.15, -0.1) is 6.58 Å². The number of nitrogens with two attached hydrogens (primary N) is 1. The van der Waals surface area contributed by atoms with Crippen LogP contribution in [0.2, 0.25) is 0 Å². The van der Waals surface area contributed by atoms with Crippen LogP contribution in [0.5, 0.6) is 0 Å². The first-order chi connectivity index (χ1) is 7.50. The van der Waals surface area contributed by atoms with Crippen molar-refractivity contribution in [2.75, 3.05) is 13.1 Å². The normalized spacial score (nSPS) is 27.7. The van der Waals surface area contributed by atoms with Gasteiger partial charge in [0.05, 0.1) is 0 Å². The van der Waals surface area contributed by atoms with Gasteiger partial charge in [-0.3, -0.25) is 4.79 Å². The summed E-state index contributed by atoms with van der Waals surface area (Å²) in [5.41, 5.74) is 5.54. The smallest absolute Gasteiger partial charge is 0.252 e. The maximum absolute atomic E-state index is 11.8. The standard InChI is InChI=1S/C11H20N2O3/c1-4-5-6-13-10(14)9-8(7-12)15-11(2,3)16-9/h4,8-9H,1,5-7,12H2,2-3H3,(H,13,14)/t8-,9+/m1/s1. The fourth-order valence-electron chi connectivity index (χ4n) is 1.63. The fourth-order valence-corrected chi connectivity index (χ4v) is 1.63. The molecule has 1 heterocycles. The van der Waals surface area contributed by atoms with Crippen molar-refractivity contribution in [3.63, 3.8) is 0 Å². The summed E-state index contributed by atoms with van der Waals surface area (Å²) in [4.78, 5) is 11.8. The molecule has 0 aromatic rings. The first kappa shape index (κ1) is 13.2. The minimum atomic E-state index is -0.746. The molecule has 1 rings (SSSR count). The number of hydrogen-bond donors (Lipinski definition) is 2. The Morgan fingerprint density at radius 2 is 2.25 bits per heavy atom. The molecule has 1 amide bonds. The lowest BCUT2D eigenvalue weighted by Crippen LogP contribution is -2.43. The van der Waals surface area contributed by atoms with Gasteiger partial charge < -0.3 is 20.5 Å². The van der Waals surface area contributed by atoms with E-state index in [9.17, 15) is 4.79 Å². The van der Waals surface area contributed by atoms with Crippen molar-refractivity contribution in [3.8, 4) is 0 Å². The van der Waals surface area contributed by atoms with E-state index in [1.54, 1.807) is 19.9 Å². The molecule has 5 nitrogen and oxygen atoms in total. The molecule has 2 atom stereocenters. The van der Waals surface area contributed by atoms with Crippen molar-refractivity contribution in [2.45, 2.75) is 38.3 Å². The highest BCUT2D eigenvalue weighted by molar-refractivity contribution is 5.81. The van der Waals surface area contributed by atoms with Gasteiger partial charge in [-0.1, -0.05) is 6.08 Å². The van der Waals surface area contributed by atoms with Crippen LogP contribution in [-0.2, 0) is 14.3 Å². The molecular weight excluding hydrogens is 208 g/mol. The molecule has 0 aromatic carbocycles. The SMILES string of the molecule is C=CCCNC(=O)[C@H]1OC(C)(C)O[C@@H]1CN. The number of hydrogen-bond acceptors (Lipinski definition) is 4. The van der Waals surface area contributed by atoms with Crippen LogP contribution >= 0.6 is 0 Å². The molecule has 0 aliphatic carbocycles. The van der Waals surface area contributed by atoms with E-state index in [0.717, 1.165) is 6.42 Å². The molecule has 0 radical (unpaired) electrons. The second kappa shape index (κ2) is 5.43. The molecule has 5 heteroatoms. The summed E-state index contributed by atoms with van der Waals surface area (Å²) in [5, 5.41) is 2.76. The van der Waals surface area contributed by atoms with Crippen molar-refractivity contribution in [2.24, 2.45) is 5.73 Å². The molecule has 0 spiro atoms. The van der Waals surface area contributed by atoms with Gasteiger partial charge in [-0.05, 0) is 20.3 Å². The topological polar surface area (TPSA) is 73.6 Å². The van der Waals surface area contributed by atoms with E-state index >= 15 is 0 Å². The lowest BCUT2D eigenvalue weighted by molar-refractivity contribution is -0.155. The summed E-state index contributed by atoms with van der Waals surface area (Å²) < 4.78 is 11.0. The summed E-state index contributed by atoms with van der Waals surface area (Å²) >= 11 is 0. The minimum Gasteiger partial charge on any atom is -0.353 e. The number of rotatable bonds is 5. The van der Waals surface area contributed by atoms with Gasteiger partial charge in [-0.2, -0.15) is 0 Å². The summed E-state index contributed by atoms with van der Waals surface area (Å²) in [6.45, 7) is 7.95. The van der Waals surface area contributed by atoms with Crippen molar-refractivity contribution >= 4 is 5.91 Å². The number of carbonyl (C=O) groups excluding carboxylic acids is 1. The third-order valence-corrected chi connectivity index (χ3v) is 2.32. The minimum absolute atomic E-state index is 0.178. The number of carbonyl (C=O) groups is 1. The summed E-state index contributed by atoms with van der Waals surface area (Å²) in [7, 11) is 0. The Morgan fingerprint density at radius 1 is 1.56 bits per heavy atom. The molecule has 1 saturated heterocycles. The van der Waals surface area contributed by atoms with Gasteiger partial charge >= 0.3 is 0 Å². The van der Waals surface area contributed by atoms with Crippen molar-refractivity contribution in [3.05, 3.63) is 12.7 Å². The highest BCUT2D eigenvalue weighted by atomic mass is 16.8. The van der Waals surface area contributed by atoms with Crippen LogP contribution < -0.4 is 11.1 Å². The Morgan fingerprint density at radius 3 is 2.81 bits per heavy atom. The summed E-state index contributed by atoms with van der Waals surface area (Å²) in [5.74, 6) is -0.923. The predicted molar refractivity (Wildman–Crippen MR) is 60.7 cm³/mol. The maximum Gasteiger partial charge on any atom is 0.252 e. The highest BCUT2D eigenvalue weighted by Crippen LogP contribution is 2.27. The third kappa shape index (κ3) is 3.30. The zero-order valence-electron chi connectivity index (χ0n) is 9.86. The first-order valence-electron chi connectivity index (χ1n) is 5.44. The third-order valence-electron chi connectivity index (χ3n) is 2.32. The molecule has 1 fully saturated rings. The summed E-state index contributed by atoms with van der Waals surface area (Å²) in [6, 6.07) is 0. The zero-order chi connectivity index (χ0) is 12.2. The van der Waals surface area contributed by atoms with E-state index in [0.29, 0.717) is 6.54 Å². The van der Waals surface area contributed by atoms with Crippen molar-refractivity contribution in [1.29, 1.82) is 0 Å². The Hall–Kier alpha value is -0.910. The summed E-state index contributed by atoms with van der Waals surface area (Å²) in [6.07, 6.45) is 1.48. The van der Waals surface area contributed by atoms with Gasteiger partial charge in [0.15, 0.2) is 11.9 Å². The second-order valence-electron chi connectivity index (χ2n) is 4.20. The Bertz CT molecular complexity index is 266. The van der Waals surface area contributed by atoms with E-state index in [4.69, 9.17) is 15.2 Å². The molecule has 1 aliphatic heterocycles. The fraction of sp³-hybridized carbons (Fsp3) is 0.727. The Kier molecular flexibility index (Phi) is 4.46. The molecule has 0 saturated carbocycles. The van der Waals surface area contributed by atoms with E-state index < -0.39 is 11.9 Å². The monoisotopic (exact) mass is 228 g/mol. The number of ether oxygens (including phenoxy) is 2. The number of nitrogens with one attached hydrogen (secondary N) is 1. The zero-order valence-corrected chi connectivity index (χ0v) is 9.86. The van der Waals surface area contributed by atoms with Crippen LogP contribution in [0.3, 0.4) is 0 Å². The van der Waals surface area contributed by atoms with Gasteiger partial charge in [-0.25, -0.2) is 0 Å². The molecule has 3 N–H and O–H groups in total. The highest BCUT2D eigenvalue weighted by Gasteiger charge is 2.44. The second-order valence-corrected chi connectivity index (χ2v) is 4.20. The number of amides is 1. The average molecular weight is 228 g/mol. The van der Waals surface area contributed by atoms with Crippen LogP contribution in [0, 0.1) is 0 Å². The maximum atomic E-state index is 11.8. The van der Waals surface area contributed by atoms with Crippen molar-refractivity contribution < 1.29 is 14.3 Å². The molecular formula is C11H20N2O3. The predicted octanol–water partition coefficient (Wildman–Crippen LogP) is 0.158. The van der Waals surface area contributed by atoms with Gasteiger partial charge in [0.1, 0.15) is 6.10 Å². The van der Waals surface area contributed by atoms with E-state index in [1.165, 1.54) is 0 Å². The van der Waals surface area contributed by atoms with Crippen LogP contribution in [0.4, 0.5) is 0 Å². The largest absolute Gasteiger partial charge is 0.353 e. The first-order valence-corrected chi connectivity index (χ1v) is 5.44. The quantitative estimate of drug-likeness (QED) is 0.519. The lowest BCUT2D eigenvalue weighted by Gasteiger charge is -2.16. The van der Waals surface area contributed by atoms with Crippen LogP contribution in [0.15, 0.2) is 12.7 Å². The van der Waals surface area contributed by atoms with Crippen LogP contribution in [0.25, 0.3) is 0 Å². The van der Waals surface area contributed by atoms with Gasteiger partial charge in [0, 0.05) is 13.1 Å². The van der Waals surface area contributed by atoms with E-state index in [-0.39, 0.29) is 18.6 Å².